The van der Waals surface area contributed by atoms with E-state index in [0.29, 0.717) is 38.4 Å². The summed E-state index contributed by atoms with van der Waals surface area (Å²) in [7, 11) is 0. The smallest absolute Gasteiger partial charge is 0.254 e. The Morgan fingerprint density at radius 3 is 2.67 bits per heavy atom. The molecule has 4 aromatic rings. The van der Waals surface area contributed by atoms with E-state index in [1.165, 1.54) is 0 Å². The number of nitrogens with one attached hydrogen (secondary N) is 1. The van der Waals surface area contributed by atoms with Crippen LogP contribution in [0.1, 0.15) is 27.4 Å². The Kier molecular flexibility index (Phi) is 4.56. The van der Waals surface area contributed by atoms with Crippen LogP contribution in [0.15, 0.2) is 34.9 Å². The molecule has 0 saturated carbocycles. The quantitative estimate of drug-likeness (QED) is 0.544. The number of hydrogen-bond acceptors (Lipinski definition) is 5. The lowest BCUT2D eigenvalue weighted by molar-refractivity contribution is 0.0303. The Hall–Kier alpha value is -3.16. The molecule has 2 aromatic heterocycles. The molecule has 0 spiro atoms. The lowest BCUT2D eigenvalue weighted by atomic mass is 9.98. The van der Waals surface area contributed by atoms with Crippen molar-refractivity contribution in [1.82, 2.24) is 15.0 Å². The highest BCUT2D eigenvalue weighted by Crippen LogP contribution is 2.35. The van der Waals surface area contributed by atoms with Crippen molar-refractivity contribution < 1.29 is 14.1 Å². The van der Waals surface area contributed by atoms with Crippen LogP contribution in [0.5, 0.6) is 0 Å². The molecule has 7 heteroatoms. The Morgan fingerprint density at radius 2 is 1.97 bits per heavy atom. The topological polar surface area (TPSA) is 97.4 Å². The highest BCUT2D eigenvalue weighted by atomic mass is 16.5. The van der Waals surface area contributed by atoms with Gasteiger partial charge >= 0.3 is 0 Å². The van der Waals surface area contributed by atoms with Gasteiger partial charge in [-0.15, -0.1) is 0 Å². The van der Waals surface area contributed by atoms with Gasteiger partial charge in [0.25, 0.3) is 5.91 Å². The number of aromatic amines is 1. The Labute approximate surface area is 173 Å². The molecule has 0 bridgehead atoms. The molecule has 154 valence electrons. The van der Waals surface area contributed by atoms with E-state index >= 15 is 0 Å². The van der Waals surface area contributed by atoms with Crippen LogP contribution in [0.4, 0.5) is 0 Å². The van der Waals surface area contributed by atoms with Crippen LogP contribution in [-0.4, -0.2) is 47.3 Å². The average molecular weight is 404 g/mol. The van der Waals surface area contributed by atoms with Gasteiger partial charge in [-0.1, -0.05) is 11.2 Å². The van der Waals surface area contributed by atoms with Crippen molar-refractivity contribution in [2.24, 2.45) is 5.73 Å². The number of rotatable bonds is 3. The number of morpholine rings is 1. The first-order valence-corrected chi connectivity index (χ1v) is 10.2. The molecule has 0 unspecified atom stereocenters. The molecular formula is C23H24N4O3. The second-order valence-corrected chi connectivity index (χ2v) is 7.75. The zero-order chi connectivity index (χ0) is 20.8. The number of nitrogens with two attached hydrogens (primary N) is 1. The summed E-state index contributed by atoms with van der Waals surface area (Å²) in [5, 5.41) is 6.23. The summed E-state index contributed by atoms with van der Waals surface area (Å²) in [4.78, 5) is 18.2. The van der Waals surface area contributed by atoms with Crippen molar-refractivity contribution in [2.45, 2.75) is 20.4 Å². The molecule has 1 fully saturated rings. The van der Waals surface area contributed by atoms with E-state index in [4.69, 9.17) is 15.0 Å². The van der Waals surface area contributed by atoms with Crippen molar-refractivity contribution >= 4 is 27.7 Å². The molecule has 1 aliphatic rings. The number of nitrogens with zero attached hydrogens (tertiary/aromatic N) is 2. The van der Waals surface area contributed by atoms with Gasteiger partial charge in [-0.2, -0.15) is 0 Å². The summed E-state index contributed by atoms with van der Waals surface area (Å²) in [6, 6.07) is 10.1. The molecule has 1 saturated heterocycles. The van der Waals surface area contributed by atoms with Gasteiger partial charge in [0.05, 0.1) is 24.4 Å². The van der Waals surface area contributed by atoms with Crippen molar-refractivity contribution in [3.63, 3.8) is 0 Å². The van der Waals surface area contributed by atoms with Crippen LogP contribution in [0.3, 0.4) is 0 Å². The predicted octanol–water partition coefficient (Wildman–Crippen LogP) is 3.52. The maximum atomic E-state index is 12.9. The van der Waals surface area contributed by atoms with Gasteiger partial charge in [-0.05, 0) is 49.2 Å². The van der Waals surface area contributed by atoms with E-state index in [-0.39, 0.29) is 5.91 Å². The fourth-order valence-electron chi connectivity index (χ4n) is 4.36. The number of fused-ring (bicyclic) bond motifs is 3. The highest BCUT2D eigenvalue weighted by molar-refractivity contribution is 6.11. The third-order valence-corrected chi connectivity index (χ3v) is 5.88. The second kappa shape index (κ2) is 7.27. The maximum absolute atomic E-state index is 12.9. The van der Waals surface area contributed by atoms with Crippen LogP contribution in [0.2, 0.25) is 0 Å². The molecule has 0 radical (unpaired) electrons. The van der Waals surface area contributed by atoms with E-state index in [2.05, 4.69) is 22.3 Å². The van der Waals surface area contributed by atoms with Gasteiger partial charge in [0.15, 0.2) is 0 Å². The SMILES string of the molecule is Cc1noc(C)c1-c1cc(CN)c2[nH]c3cc(C(=O)N4CCOCC4)ccc3c2c1. The van der Waals surface area contributed by atoms with Gasteiger partial charge in [0.1, 0.15) is 5.76 Å². The number of aryl methyl sites for hydroxylation is 2. The van der Waals surface area contributed by atoms with Crippen LogP contribution in [0, 0.1) is 13.8 Å². The van der Waals surface area contributed by atoms with Crippen LogP contribution >= 0.6 is 0 Å². The predicted molar refractivity (Wildman–Crippen MR) is 115 cm³/mol. The molecule has 1 aliphatic heterocycles. The summed E-state index contributed by atoms with van der Waals surface area (Å²) in [5.74, 6) is 0.822. The summed E-state index contributed by atoms with van der Waals surface area (Å²) in [5.41, 5.74) is 12.6. The van der Waals surface area contributed by atoms with Gasteiger partial charge < -0.3 is 24.9 Å². The zero-order valence-corrected chi connectivity index (χ0v) is 17.1. The zero-order valence-electron chi connectivity index (χ0n) is 17.1. The minimum absolute atomic E-state index is 0.0364. The molecular weight excluding hydrogens is 380 g/mol. The van der Waals surface area contributed by atoms with Gasteiger partial charge in [-0.25, -0.2) is 0 Å². The van der Waals surface area contributed by atoms with E-state index in [9.17, 15) is 4.79 Å². The van der Waals surface area contributed by atoms with Crippen LogP contribution in [-0.2, 0) is 11.3 Å². The maximum Gasteiger partial charge on any atom is 0.254 e. The number of benzene rings is 2. The Morgan fingerprint density at radius 1 is 1.17 bits per heavy atom. The lowest BCUT2D eigenvalue weighted by Crippen LogP contribution is -2.40. The molecule has 30 heavy (non-hydrogen) atoms. The second-order valence-electron chi connectivity index (χ2n) is 7.75. The molecule has 3 N–H and O–H groups in total. The Balaban J connectivity index is 1.64. The van der Waals surface area contributed by atoms with E-state index in [0.717, 1.165) is 50.0 Å². The average Bonchev–Trinajstić information content (AvgIpc) is 3.31. The standard InChI is InChI=1S/C23H24N4O3/c1-13-21(14(2)30-26-13)16-9-17(12-24)22-19(10-16)18-4-3-15(11-20(18)25-22)23(28)27-5-7-29-8-6-27/h3-4,9-11,25H,5-8,12,24H2,1-2H3. The molecule has 2 aromatic carbocycles. The van der Waals surface area contributed by atoms with Gasteiger partial charge in [0.2, 0.25) is 0 Å². The monoisotopic (exact) mass is 404 g/mol. The van der Waals surface area contributed by atoms with Gasteiger partial charge in [-0.3, -0.25) is 4.79 Å². The molecule has 0 atom stereocenters. The summed E-state index contributed by atoms with van der Waals surface area (Å²) in [6.07, 6.45) is 0. The number of amides is 1. The Bertz CT molecular complexity index is 1250. The fourth-order valence-corrected chi connectivity index (χ4v) is 4.36. The van der Waals surface area contributed by atoms with Crippen LogP contribution in [0.25, 0.3) is 32.9 Å². The fraction of sp³-hybridized carbons (Fsp3) is 0.304. The number of carbonyl (C=O) groups is 1. The number of hydrogen-bond donors (Lipinski definition) is 2. The van der Waals surface area contributed by atoms with Crippen molar-refractivity contribution in [3.05, 3.63) is 52.9 Å². The minimum Gasteiger partial charge on any atom is -0.378 e. The first-order chi connectivity index (χ1) is 14.6. The van der Waals surface area contributed by atoms with E-state index in [1.54, 1.807) is 0 Å². The number of aromatic nitrogens is 2. The number of carbonyl (C=O) groups excluding carboxylic acids is 1. The van der Waals surface area contributed by atoms with E-state index < -0.39 is 0 Å². The first-order valence-electron chi connectivity index (χ1n) is 10.2. The summed E-state index contributed by atoms with van der Waals surface area (Å²) in [6.45, 7) is 6.69. The largest absolute Gasteiger partial charge is 0.378 e. The van der Waals surface area contributed by atoms with E-state index in [1.807, 2.05) is 36.9 Å². The minimum atomic E-state index is 0.0364. The molecule has 0 aliphatic carbocycles. The highest BCUT2D eigenvalue weighted by Gasteiger charge is 2.20. The summed E-state index contributed by atoms with van der Waals surface area (Å²) >= 11 is 0. The molecule has 3 heterocycles. The molecule has 7 nitrogen and oxygen atoms in total. The normalized spacial score (nSPS) is 14.7. The van der Waals surface area contributed by atoms with Crippen molar-refractivity contribution in [1.29, 1.82) is 0 Å². The summed E-state index contributed by atoms with van der Waals surface area (Å²) < 4.78 is 10.7. The van der Waals surface area contributed by atoms with Crippen LogP contribution < -0.4 is 5.73 Å². The molecule has 5 rings (SSSR count). The van der Waals surface area contributed by atoms with Crippen molar-refractivity contribution in [2.75, 3.05) is 26.3 Å². The number of ether oxygens (including phenoxy) is 1. The lowest BCUT2D eigenvalue weighted by Gasteiger charge is -2.26. The third kappa shape index (κ3) is 2.98. The van der Waals surface area contributed by atoms with Crippen molar-refractivity contribution in [3.8, 4) is 11.1 Å². The number of H-pyrrole nitrogens is 1. The molecule has 1 amide bonds. The third-order valence-electron chi connectivity index (χ3n) is 5.88. The first kappa shape index (κ1) is 18.8. The van der Waals surface area contributed by atoms with Gasteiger partial charge in [0, 0.05) is 47.1 Å².